The first kappa shape index (κ1) is 17.8. The van der Waals surface area contributed by atoms with Crippen LogP contribution < -0.4 is 9.64 Å². The number of piperazine rings is 1. The predicted molar refractivity (Wildman–Crippen MR) is 101 cm³/mol. The molecule has 0 saturated carbocycles. The van der Waals surface area contributed by atoms with Gasteiger partial charge in [-0.1, -0.05) is 12.1 Å². The van der Waals surface area contributed by atoms with Gasteiger partial charge in [-0.2, -0.15) is 5.26 Å². The molecule has 0 aliphatic carbocycles. The maximum atomic E-state index is 12.4. The molecule has 0 atom stereocenters. The maximum Gasteiger partial charge on any atom is 0.260 e. The molecule has 2 aromatic rings. The maximum absolute atomic E-state index is 12.4. The van der Waals surface area contributed by atoms with Crippen LogP contribution in [0.2, 0.25) is 0 Å². The number of carbonyl (C=O) groups excluding carboxylic acids is 1. The third kappa shape index (κ3) is 3.97. The quantitative estimate of drug-likeness (QED) is 0.852. The highest BCUT2D eigenvalue weighted by Crippen LogP contribution is 2.24. The highest BCUT2D eigenvalue weighted by atomic mass is 16.5. The third-order valence-corrected chi connectivity index (χ3v) is 4.89. The molecule has 3 rings (SSSR count). The van der Waals surface area contributed by atoms with Crippen LogP contribution in [0.5, 0.6) is 5.75 Å². The van der Waals surface area contributed by atoms with E-state index in [4.69, 9.17) is 10.00 Å². The number of amides is 1. The second-order valence-corrected chi connectivity index (χ2v) is 6.51. The van der Waals surface area contributed by atoms with E-state index < -0.39 is 0 Å². The Balaban J connectivity index is 1.51. The summed E-state index contributed by atoms with van der Waals surface area (Å²) in [6.45, 7) is 7.34. The Bertz CT molecular complexity index is 816. The van der Waals surface area contributed by atoms with Crippen LogP contribution in [0.3, 0.4) is 0 Å². The standard InChI is InChI=1S/C21H23N3O2/c1-16-4-3-5-20(17(16)2)23-10-12-24(13-11-23)21(25)15-26-19-8-6-18(14-22)7-9-19/h3-9H,10-13,15H2,1-2H3. The smallest absolute Gasteiger partial charge is 0.260 e. The fraction of sp³-hybridized carbons (Fsp3) is 0.333. The third-order valence-electron chi connectivity index (χ3n) is 4.89. The number of benzene rings is 2. The van der Waals surface area contributed by atoms with Crippen molar-refractivity contribution in [2.24, 2.45) is 0 Å². The minimum absolute atomic E-state index is 0.00465. The molecule has 1 aliphatic rings. The van der Waals surface area contributed by atoms with Crippen molar-refractivity contribution in [2.75, 3.05) is 37.7 Å². The molecule has 0 radical (unpaired) electrons. The molecule has 26 heavy (non-hydrogen) atoms. The van der Waals surface area contributed by atoms with E-state index in [1.54, 1.807) is 24.3 Å². The van der Waals surface area contributed by atoms with Crippen LogP contribution in [0.15, 0.2) is 42.5 Å². The Hall–Kier alpha value is -3.00. The summed E-state index contributed by atoms with van der Waals surface area (Å²) in [5.74, 6) is 0.598. The van der Waals surface area contributed by atoms with Gasteiger partial charge in [0.25, 0.3) is 5.91 Å². The molecule has 5 heteroatoms. The summed E-state index contributed by atoms with van der Waals surface area (Å²) in [5, 5.41) is 8.80. The topological polar surface area (TPSA) is 56.6 Å². The second kappa shape index (κ2) is 7.92. The molecule has 1 saturated heterocycles. The molecule has 0 bridgehead atoms. The molecular weight excluding hydrogens is 326 g/mol. The van der Waals surface area contributed by atoms with Gasteiger partial charge in [-0.05, 0) is 55.3 Å². The van der Waals surface area contributed by atoms with Crippen molar-refractivity contribution in [3.63, 3.8) is 0 Å². The number of rotatable bonds is 4. The van der Waals surface area contributed by atoms with Gasteiger partial charge in [0.15, 0.2) is 6.61 Å². The summed E-state index contributed by atoms with van der Waals surface area (Å²) in [7, 11) is 0. The van der Waals surface area contributed by atoms with Crippen molar-refractivity contribution in [1.29, 1.82) is 5.26 Å². The molecule has 0 unspecified atom stereocenters. The number of hydrogen-bond donors (Lipinski definition) is 0. The number of anilines is 1. The SMILES string of the molecule is Cc1cccc(N2CCN(C(=O)COc3ccc(C#N)cc3)CC2)c1C. The summed E-state index contributed by atoms with van der Waals surface area (Å²) in [4.78, 5) is 16.6. The van der Waals surface area contributed by atoms with Gasteiger partial charge in [-0.3, -0.25) is 4.79 Å². The first-order valence-electron chi connectivity index (χ1n) is 8.80. The van der Waals surface area contributed by atoms with Crippen molar-refractivity contribution in [2.45, 2.75) is 13.8 Å². The fourth-order valence-electron chi connectivity index (χ4n) is 3.14. The lowest BCUT2D eigenvalue weighted by atomic mass is 10.1. The minimum atomic E-state index is -0.00465. The summed E-state index contributed by atoms with van der Waals surface area (Å²) in [5.41, 5.74) is 4.42. The zero-order valence-corrected chi connectivity index (χ0v) is 15.2. The highest BCUT2D eigenvalue weighted by molar-refractivity contribution is 5.78. The first-order valence-corrected chi connectivity index (χ1v) is 8.80. The molecule has 5 nitrogen and oxygen atoms in total. The lowest BCUT2D eigenvalue weighted by Gasteiger charge is -2.37. The van der Waals surface area contributed by atoms with Gasteiger partial charge >= 0.3 is 0 Å². The Morgan fingerprint density at radius 1 is 1.08 bits per heavy atom. The highest BCUT2D eigenvalue weighted by Gasteiger charge is 2.22. The molecule has 1 amide bonds. The van der Waals surface area contributed by atoms with E-state index in [-0.39, 0.29) is 12.5 Å². The molecule has 2 aromatic carbocycles. The lowest BCUT2D eigenvalue weighted by molar-refractivity contribution is -0.133. The Morgan fingerprint density at radius 3 is 2.42 bits per heavy atom. The lowest BCUT2D eigenvalue weighted by Crippen LogP contribution is -2.50. The van der Waals surface area contributed by atoms with Gasteiger partial charge in [0.1, 0.15) is 5.75 Å². The molecular formula is C21H23N3O2. The molecule has 0 N–H and O–H groups in total. The Kier molecular flexibility index (Phi) is 5.43. The van der Waals surface area contributed by atoms with Gasteiger partial charge in [-0.15, -0.1) is 0 Å². The summed E-state index contributed by atoms with van der Waals surface area (Å²) in [6.07, 6.45) is 0. The van der Waals surface area contributed by atoms with Crippen LogP contribution in [0, 0.1) is 25.2 Å². The van der Waals surface area contributed by atoms with E-state index in [1.807, 2.05) is 4.90 Å². The van der Waals surface area contributed by atoms with Gasteiger partial charge in [0, 0.05) is 31.9 Å². The number of nitrogens with zero attached hydrogens (tertiary/aromatic N) is 3. The van der Waals surface area contributed by atoms with Gasteiger partial charge in [0.2, 0.25) is 0 Å². The van der Waals surface area contributed by atoms with Crippen molar-refractivity contribution < 1.29 is 9.53 Å². The molecule has 1 heterocycles. The summed E-state index contributed by atoms with van der Waals surface area (Å²) < 4.78 is 5.55. The largest absolute Gasteiger partial charge is 0.484 e. The number of aryl methyl sites for hydroxylation is 1. The molecule has 0 spiro atoms. The van der Waals surface area contributed by atoms with Crippen LogP contribution >= 0.6 is 0 Å². The van der Waals surface area contributed by atoms with E-state index >= 15 is 0 Å². The fourth-order valence-corrected chi connectivity index (χ4v) is 3.14. The van der Waals surface area contributed by atoms with Crippen LogP contribution in [-0.2, 0) is 4.79 Å². The molecule has 0 aromatic heterocycles. The molecule has 134 valence electrons. The van der Waals surface area contributed by atoms with Crippen molar-refractivity contribution in [1.82, 2.24) is 4.90 Å². The van der Waals surface area contributed by atoms with Crippen LogP contribution in [0.4, 0.5) is 5.69 Å². The van der Waals surface area contributed by atoms with Gasteiger partial charge in [0.05, 0.1) is 11.6 Å². The van der Waals surface area contributed by atoms with Gasteiger partial charge < -0.3 is 14.5 Å². The van der Waals surface area contributed by atoms with E-state index in [0.717, 1.165) is 13.1 Å². The molecule has 1 aliphatic heterocycles. The number of ether oxygens (including phenoxy) is 1. The van der Waals surface area contributed by atoms with Crippen LogP contribution in [0.25, 0.3) is 0 Å². The van der Waals surface area contributed by atoms with E-state index in [2.05, 4.69) is 43.0 Å². The van der Waals surface area contributed by atoms with Crippen molar-refractivity contribution >= 4 is 11.6 Å². The van der Waals surface area contributed by atoms with Gasteiger partial charge in [-0.25, -0.2) is 0 Å². The summed E-state index contributed by atoms with van der Waals surface area (Å²) in [6, 6.07) is 15.2. The minimum Gasteiger partial charge on any atom is -0.484 e. The first-order chi connectivity index (χ1) is 12.6. The number of nitriles is 1. The van der Waals surface area contributed by atoms with Crippen LogP contribution in [0.1, 0.15) is 16.7 Å². The predicted octanol–water partition coefficient (Wildman–Crippen LogP) is 2.90. The van der Waals surface area contributed by atoms with Crippen LogP contribution in [-0.4, -0.2) is 43.6 Å². The zero-order chi connectivity index (χ0) is 18.5. The van der Waals surface area contributed by atoms with E-state index in [9.17, 15) is 4.79 Å². The van der Waals surface area contributed by atoms with Crippen molar-refractivity contribution in [3.05, 3.63) is 59.2 Å². The average Bonchev–Trinajstić information content (AvgIpc) is 2.69. The Labute approximate surface area is 154 Å². The Morgan fingerprint density at radius 2 is 1.77 bits per heavy atom. The second-order valence-electron chi connectivity index (χ2n) is 6.51. The average molecular weight is 349 g/mol. The monoisotopic (exact) mass is 349 g/mol. The molecule has 1 fully saturated rings. The summed E-state index contributed by atoms with van der Waals surface area (Å²) >= 11 is 0. The number of hydrogen-bond acceptors (Lipinski definition) is 4. The zero-order valence-electron chi connectivity index (χ0n) is 15.2. The number of carbonyl (C=O) groups is 1. The van der Waals surface area contributed by atoms with E-state index in [1.165, 1.54) is 16.8 Å². The van der Waals surface area contributed by atoms with E-state index in [0.29, 0.717) is 24.4 Å². The van der Waals surface area contributed by atoms with Crippen molar-refractivity contribution in [3.8, 4) is 11.8 Å². The normalized spacial score (nSPS) is 14.0.